The molecular weight excluding hydrogens is 419 g/mol. The van der Waals surface area contributed by atoms with E-state index in [1.54, 1.807) is 0 Å². The van der Waals surface area contributed by atoms with E-state index in [9.17, 15) is 16.8 Å². The molecule has 1 aliphatic heterocycles. The Bertz CT molecular complexity index is 996. The van der Waals surface area contributed by atoms with Gasteiger partial charge in [-0.05, 0) is 55.3 Å². The third kappa shape index (κ3) is 4.15. The molecule has 0 radical (unpaired) electrons. The largest absolute Gasteiger partial charge is 0.280 e. The third-order valence-electron chi connectivity index (χ3n) is 3.95. The molecule has 1 saturated heterocycles. The van der Waals surface area contributed by atoms with Crippen LogP contribution in [0.3, 0.4) is 0 Å². The van der Waals surface area contributed by atoms with Crippen LogP contribution in [0.15, 0.2) is 52.3 Å². The molecule has 26 heavy (non-hydrogen) atoms. The summed E-state index contributed by atoms with van der Waals surface area (Å²) in [5, 5.41) is 0.588. The minimum atomic E-state index is -3.90. The highest BCUT2D eigenvalue weighted by atomic mass is 35.5. The number of benzene rings is 2. The van der Waals surface area contributed by atoms with E-state index in [2.05, 4.69) is 4.72 Å². The Balaban J connectivity index is 1.85. The minimum absolute atomic E-state index is 0.0611. The Labute approximate surface area is 162 Å². The van der Waals surface area contributed by atoms with Crippen molar-refractivity contribution in [3.63, 3.8) is 0 Å². The first-order valence-corrected chi connectivity index (χ1v) is 11.5. The Morgan fingerprint density at radius 2 is 1.31 bits per heavy atom. The van der Waals surface area contributed by atoms with E-state index in [1.807, 2.05) is 0 Å². The number of hydrogen-bond acceptors (Lipinski definition) is 4. The number of anilines is 1. The molecule has 6 nitrogen and oxygen atoms in total. The van der Waals surface area contributed by atoms with Crippen molar-refractivity contribution in [1.82, 2.24) is 4.31 Å². The Morgan fingerprint density at radius 1 is 0.808 bits per heavy atom. The normalized spacial score (nSPS) is 15.9. The van der Waals surface area contributed by atoms with Crippen molar-refractivity contribution in [2.24, 2.45) is 0 Å². The first kappa shape index (κ1) is 19.4. The van der Waals surface area contributed by atoms with E-state index >= 15 is 0 Å². The number of sulfonamides is 2. The highest BCUT2D eigenvalue weighted by Gasteiger charge is 2.27. The summed E-state index contributed by atoms with van der Waals surface area (Å²) in [5.74, 6) is 0. The molecule has 0 spiro atoms. The monoisotopic (exact) mass is 434 g/mol. The molecule has 0 amide bonds. The molecule has 140 valence electrons. The topological polar surface area (TPSA) is 83.5 Å². The first-order valence-electron chi connectivity index (χ1n) is 7.78. The van der Waals surface area contributed by atoms with Crippen LogP contribution in [-0.4, -0.2) is 34.2 Å². The number of halogens is 2. The van der Waals surface area contributed by atoms with Crippen molar-refractivity contribution in [3.8, 4) is 0 Å². The van der Waals surface area contributed by atoms with Crippen molar-refractivity contribution >= 4 is 48.9 Å². The molecule has 0 unspecified atom stereocenters. The van der Waals surface area contributed by atoms with E-state index in [-0.39, 0.29) is 15.5 Å². The summed E-state index contributed by atoms with van der Waals surface area (Å²) in [5.41, 5.74) is 0.219. The lowest BCUT2D eigenvalue weighted by Crippen LogP contribution is -2.27. The van der Waals surface area contributed by atoms with Gasteiger partial charge in [0.15, 0.2) is 0 Å². The summed E-state index contributed by atoms with van der Waals surface area (Å²) in [6.45, 7) is 0.971. The smallest absolute Gasteiger partial charge is 0.261 e. The molecule has 1 N–H and O–H groups in total. The fourth-order valence-corrected chi connectivity index (χ4v) is 5.78. The molecule has 0 saturated carbocycles. The van der Waals surface area contributed by atoms with Gasteiger partial charge in [-0.2, -0.15) is 4.31 Å². The molecule has 0 atom stereocenters. The molecular formula is C16H16Cl2N2O4S2. The summed E-state index contributed by atoms with van der Waals surface area (Å²) in [4.78, 5) is 0.0121. The van der Waals surface area contributed by atoms with Crippen LogP contribution in [0.2, 0.25) is 10.0 Å². The van der Waals surface area contributed by atoms with Crippen LogP contribution >= 0.6 is 23.2 Å². The maximum atomic E-state index is 12.5. The van der Waals surface area contributed by atoms with Gasteiger partial charge in [0, 0.05) is 23.1 Å². The average Bonchev–Trinajstić information content (AvgIpc) is 3.09. The predicted molar refractivity (Wildman–Crippen MR) is 102 cm³/mol. The van der Waals surface area contributed by atoms with Crippen LogP contribution in [-0.2, 0) is 20.0 Å². The standard InChI is InChI=1S/C16H16Cl2N2O4S2/c17-12-9-13(18)11-14(10-12)19-25(21,22)15-3-5-16(6-4-15)26(23,24)20-7-1-2-8-20/h3-6,9-11,19H,1-2,7-8H2. The zero-order valence-corrected chi connectivity index (χ0v) is 16.7. The van der Waals surface area contributed by atoms with Crippen LogP contribution in [0.25, 0.3) is 0 Å². The van der Waals surface area contributed by atoms with Gasteiger partial charge in [-0.3, -0.25) is 4.72 Å². The molecule has 0 aromatic heterocycles. The number of nitrogens with zero attached hydrogens (tertiary/aromatic N) is 1. The molecule has 1 fully saturated rings. The van der Waals surface area contributed by atoms with E-state index < -0.39 is 20.0 Å². The zero-order chi connectivity index (χ0) is 18.9. The van der Waals surface area contributed by atoms with Gasteiger partial charge < -0.3 is 0 Å². The maximum absolute atomic E-state index is 12.5. The van der Waals surface area contributed by atoms with Gasteiger partial charge in [0.25, 0.3) is 10.0 Å². The Kier molecular flexibility index (Phi) is 5.50. The zero-order valence-electron chi connectivity index (χ0n) is 13.5. The molecule has 1 aliphatic rings. The predicted octanol–water partition coefficient (Wildman–Crippen LogP) is 3.58. The summed E-state index contributed by atoms with van der Waals surface area (Å²) in [6, 6.07) is 9.46. The molecule has 2 aromatic rings. The second kappa shape index (κ2) is 7.36. The summed E-state index contributed by atoms with van der Waals surface area (Å²) in [7, 11) is -7.49. The second-order valence-corrected chi connectivity index (χ2v) is 10.3. The van der Waals surface area contributed by atoms with Gasteiger partial charge in [-0.25, -0.2) is 16.8 Å². The molecule has 2 aromatic carbocycles. The van der Waals surface area contributed by atoms with Gasteiger partial charge in [0.2, 0.25) is 10.0 Å². The van der Waals surface area contributed by atoms with Crippen molar-refractivity contribution in [2.75, 3.05) is 17.8 Å². The molecule has 3 rings (SSSR count). The Hall–Kier alpha value is -1.32. The maximum Gasteiger partial charge on any atom is 0.261 e. The van der Waals surface area contributed by atoms with Crippen LogP contribution in [0.1, 0.15) is 12.8 Å². The van der Waals surface area contributed by atoms with Crippen molar-refractivity contribution in [1.29, 1.82) is 0 Å². The van der Waals surface area contributed by atoms with Gasteiger partial charge in [0.05, 0.1) is 15.5 Å². The van der Waals surface area contributed by atoms with Crippen LogP contribution < -0.4 is 4.72 Å². The van der Waals surface area contributed by atoms with E-state index in [0.717, 1.165) is 12.8 Å². The average molecular weight is 435 g/mol. The van der Waals surface area contributed by atoms with Crippen LogP contribution in [0.4, 0.5) is 5.69 Å². The summed E-state index contributed by atoms with van der Waals surface area (Å²) < 4.78 is 53.7. The number of nitrogens with one attached hydrogen (secondary N) is 1. The van der Waals surface area contributed by atoms with Crippen molar-refractivity contribution in [3.05, 3.63) is 52.5 Å². The number of rotatable bonds is 5. The fourth-order valence-electron chi connectivity index (χ4n) is 2.70. The fraction of sp³-hybridized carbons (Fsp3) is 0.250. The molecule has 0 aliphatic carbocycles. The second-order valence-electron chi connectivity index (χ2n) is 5.85. The lowest BCUT2D eigenvalue weighted by molar-refractivity contribution is 0.477. The summed E-state index contributed by atoms with van der Waals surface area (Å²) >= 11 is 11.7. The lowest BCUT2D eigenvalue weighted by atomic mass is 10.3. The van der Waals surface area contributed by atoms with Gasteiger partial charge in [-0.1, -0.05) is 23.2 Å². The lowest BCUT2D eigenvalue weighted by Gasteiger charge is -2.15. The van der Waals surface area contributed by atoms with Crippen molar-refractivity contribution < 1.29 is 16.8 Å². The van der Waals surface area contributed by atoms with Gasteiger partial charge in [-0.15, -0.1) is 0 Å². The first-order chi connectivity index (χ1) is 12.2. The Morgan fingerprint density at radius 3 is 1.85 bits per heavy atom. The van der Waals surface area contributed by atoms with Crippen LogP contribution in [0, 0.1) is 0 Å². The van der Waals surface area contributed by atoms with E-state index in [1.165, 1.54) is 46.8 Å². The van der Waals surface area contributed by atoms with Gasteiger partial charge in [0.1, 0.15) is 0 Å². The molecule has 10 heteroatoms. The minimum Gasteiger partial charge on any atom is -0.280 e. The van der Waals surface area contributed by atoms with E-state index in [0.29, 0.717) is 23.1 Å². The van der Waals surface area contributed by atoms with Crippen molar-refractivity contribution in [2.45, 2.75) is 22.6 Å². The highest BCUT2D eigenvalue weighted by Crippen LogP contribution is 2.26. The van der Waals surface area contributed by atoms with Gasteiger partial charge >= 0.3 is 0 Å². The summed E-state index contributed by atoms with van der Waals surface area (Å²) in [6.07, 6.45) is 1.66. The highest BCUT2D eigenvalue weighted by molar-refractivity contribution is 7.92. The molecule has 0 bridgehead atoms. The quantitative estimate of drug-likeness (QED) is 0.778. The SMILES string of the molecule is O=S(=O)(Nc1cc(Cl)cc(Cl)c1)c1ccc(S(=O)(=O)N2CCCC2)cc1. The van der Waals surface area contributed by atoms with Crippen LogP contribution in [0.5, 0.6) is 0 Å². The molecule has 1 heterocycles. The van der Waals surface area contributed by atoms with E-state index in [4.69, 9.17) is 23.2 Å². The third-order valence-corrected chi connectivity index (χ3v) is 7.70. The number of hydrogen-bond donors (Lipinski definition) is 1.